The van der Waals surface area contributed by atoms with Gasteiger partial charge in [-0.25, -0.2) is 18.2 Å². The fourth-order valence-electron chi connectivity index (χ4n) is 1.54. The molecule has 0 fully saturated rings. The maximum atomic E-state index is 12.4. The lowest BCUT2D eigenvalue weighted by molar-refractivity contribution is 0.0692. The first-order valence-electron chi connectivity index (χ1n) is 5.47. The van der Waals surface area contributed by atoms with Gasteiger partial charge in [-0.2, -0.15) is 0 Å². The summed E-state index contributed by atoms with van der Waals surface area (Å²) in [4.78, 5) is 14.7. The molecule has 0 aliphatic rings. The van der Waals surface area contributed by atoms with Crippen molar-refractivity contribution in [3.8, 4) is 0 Å². The predicted octanol–water partition coefficient (Wildman–Crippen LogP) is 3.11. The molecule has 21 heavy (non-hydrogen) atoms. The SMILES string of the molecule is O=C(O)c1ncccc1NS(=O)(=O)c1cc(Br)ccc1Br. The van der Waals surface area contributed by atoms with Crippen LogP contribution in [0.3, 0.4) is 0 Å². The number of aromatic carboxylic acids is 1. The van der Waals surface area contributed by atoms with Crippen LogP contribution in [-0.2, 0) is 10.0 Å². The molecule has 9 heteroatoms. The summed E-state index contributed by atoms with van der Waals surface area (Å²) in [6.45, 7) is 0. The molecule has 0 aliphatic heterocycles. The molecule has 0 spiro atoms. The Bertz CT molecular complexity index is 809. The molecule has 0 saturated heterocycles. The van der Waals surface area contributed by atoms with Crippen molar-refractivity contribution in [1.82, 2.24) is 4.98 Å². The van der Waals surface area contributed by atoms with Crippen molar-refractivity contribution in [2.75, 3.05) is 4.72 Å². The number of sulfonamides is 1. The number of pyridine rings is 1. The first-order valence-corrected chi connectivity index (χ1v) is 8.54. The van der Waals surface area contributed by atoms with Crippen LogP contribution in [0.15, 0.2) is 50.4 Å². The van der Waals surface area contributed by atoms with Gasteiger partial charge in [-0.05, 0) is 46.3 Å². The van der Waals surface area contributed by atoms with E-state index in [9.17, 15) is 13.2 Å². The van der Waals surface area contributed by atoms with E-state index in [1.807, 2.05) is 0 Å². The van der Waals surface area contributed by atoms with Crippen molar-refractivity contribution >= 4 is 53.5 Å². The number of hydrogen-bond acceptors (Lipinski definition) is 4. The number of anilines is 1. The summed E-state index contributed by atoms with van der Waals surface area (Å²) in [5.41, 5.74) is -0.468. The van der Waals surface area contributed by atoms with E-state index in [4.69, 9.17) is 5.11 Å². The molecular weight excluding hydrogens is 428 g/mol. The lowest BCUT2D eigenvalue weighted by Gasteiger charge is -2.11. The van der Waals surface area contributed by atoms with Crippen LogP contribution >= 0.6 is 31.9 Å². The van der Waals surface area contributed by atoms with Crippen LogP contribution in [0, 0.1) is 0 Å². The minimum Gasteiger partial charge on any atom is -0.476 e. The minimum absolute atomic E-state index is 0.0166. The molecule has 0 bridgehead atoms. The van der Waals surface area contributed by atoms with E-state index in [2.05, 4.69) is 41.6 Å². The van der Waals surface area contributed by atoms with Crippen molar-refractivity contribution in [2.24, 2.45) is 0 Å². The molecule has 0 atom stereocenters. The van der Waals surface area contributed by atoms with Crippen molar-refractivity contribution in [3.05, 3.63) is 51.2 Å². The third kappa shape index (κ3) is 3.60. The number of benzene rings is 1. The molecule has 1 heterocycles. The third-order valence-electron chi connectivity index (χ3n) is 2.44. The maximum Gasteiger partial charge on any atom is 0.356 e. The van der Waals surface area contributed by atoms with Crippen LogP contribution < -0.4 is 4.72 Å². The fraction of sp³-hybridized carbons (Fsp3) is 0. The highest BCUT2D eigenvalue weighted by atomic mass is 79.9. The Hall–Kier alpha value is -1.45. The first kappa shape index (κ1) is 15.9. The Labute approximate surface area is 137 Å². The van der Waals surface area contributed by atoms with Crippen molar-refractivity contribution in [1.29, 1.82) is 0 Å². The molecule has 2 rings (SSSR count). The van der Waals surface area contributed by atoms with Crippen molar-refractivity contribution < 1.29 is 18.3 Å². The fourth-order valence-corrected chi connectivity index (χ4v) is 4.11. The Morgan fingerprint density at radius 3 is 2.62 bits per heavy atom. The summed E-state index contributed by atoms with van der Waals surface area (Å²) >= 11 is 6.35. The van der Waals surface area contributed by atoms with E-state index in [1.54, 1.807) is 12.1 Å². The molecule has 0 radical (unpaired) electrons. The Morgan fingerprint density at radius 1 is 1.24 bits per heavy atom. The van der Waals surface area contributed by atoms with E-state index < -0.39 is 16.0 Å². The molecular formula is C12H8Br2N2O4S. The van der Waals surface area contributed by atoms with Gasteiger partial charge in [-0.3, -0.25) is 4.72 Å². The topological polar surface area (TPSA) is 96.4 Å². The molecule has 0 unspecified atom stereocenters. The van der Waals surface area contributed by atoms with Crippen molar-refractivity contribution in [3.63, 3.8) is 0 Å². The van der Waals surface area contributed by atoms with Gasteiger partial charge >= 0.3 is 5.97 Å². The second kappa shape index (κ2) is 6.12. The molecule has 0 saturated carbocycles. The number of halogens is 2. The number of nitrogens with zero attached hydrogens (tertiary/aromatic N) is 1. The average Bonchev–Trinajstić information content (AvgIpc) is 2.41. The van der Waals surface area contributed by atoms with Gasteiger partial charge in [0, 0.05) is 15.1 Å². The summed E-state index contributed by atoms with van der Waals surface area (Å²) in [7, 11) is -3.95. The molecule has 0 amide bonds. The normalized spacial score (nSPS) is 11.1. The average molecular weight is 436 g/mol. The largest absolute Gasteiger partial charge is 0.476 e. The number of hydrogen-bond donors (Lipinski definition) is 2. The monoisotopic (exact) mass is 434 g/mol. The van der Waals surface area contributed by atoms with E-state index in [1.165, 1.54) is 24.4 Å². The lowest BCUT2D eigenvalue weighted by atomic mass is 10.3. The zero-order valence-corrected chi connectivity index (χ0v) is 14.2. The van der Waals surface area contributed by atoms with Crippen molar-refractivity contribution in [2.45, 2.75) is 4.90 Å². The van der Waals surface area contributed by atoms with E-state index >= 15 is 0 Å². The van der Waals surface area contributed by atoms with E-state index in [0.717, 1.165) is 0 Å². The lowest BCUT2D eigenvalue weighted by Crippen LogP contribution is -2.16. The summed E-state index contributed by atoms with van der Waals surface area (Å²) in [5, 5.41) is 9.02. The molecule has 0 aliphatic carbocycles. The van der Waals surface area contributed by atoms with Gasteiger partial charge in [0.25, 0.3) is 10.0 Å². The van der Waals surface area contributed by atoms with Crippen LogP contribution in [0.2, 0.25) is 0 Å². The number of rotatable bonds is 4. The molecule has 2 aromatic rings. The van der Waals surface area contributed by atoms with Crippen LogP contribution in [0.25, 0.3) is 0 Å². The predicted molar refractivity (Wildman–Crippen MR) is 83.8 cm³/mol. The Kier molecular flexibility index (Phi) is 4.64. The van der Waals surface area contributed by atoms with Gasteiger partial charge in [-0.1, -0.05) is 15.9 Å². The summed E-state index contributed by atoms with van der Waals surface area (Å²) < 4.78 is 27.9. The zero-order chi connectivity index (χ0) is 15.6. The molecule has 1 aromatic heterocycles. The highest BCUT2D eigenvalue weighted by Crippen LogP contribution is 2.27. The number of carboxylic acids is 1. The molecule has 1 aromatic carbocycles. The minimum atomic E-state index is -3.95. The standard InChI is InChI=1S/C12H8Br2N2O4S/c13-7-3-4-8(14)10(6-7)21(19,20)16-9-2-1-5-15-11(9)12(17)18/h1-6,16H,(H,17,18). The summed E-state index contributed by atoms with van der Waals surface area (Å²) in [5.74, 6) is -1.32. The maximum absolute atomic E-state index is 12.4. The number of nitrogens with one attached hydrogen (secondary N) is 1. The Balaban J connectivity index is 2.48. The van der Waals surface area contributed by atoms with Gasteiger partial charge < -0.3 is 5.11 Å². The van der Waals surface area contributed by atoms with Gasteiger partial charge in [-0.15, -0.1) is 0 Å². The van der Waals surface area contributed by atoms with Crippen LogP contribution in [0.4, 0.5) is 5.69 Å². The third-order valence-corrected chi connectivity index (χ3v) is 5.29. The van der Waals surface area contributed by atoms with Crippen LogP contribution in [-0.4, -0.2) is 24.5 Å². The van der Waals surface area contributed by atoms with E-state index in [-0.39, 0.29) is 16.3 Å². The van der Waals surface area contributed by atoms with Gasteiger partial charge in [0.15, 0.2) is 5.69 Å². The molecule has 110 valence electrons. The highest BCUT2D eigenvalue weighted by Gasteiger charge is 2.21. The smallest absolute Gasteiger partial charge is 0.356 e. The second-order valence-corrected chi connectivity index (χ2v) is 7.31. The number of carbonyl (C=O) groups is 1. The molecule has 6 nitrogen and oxygen atoms in total. The Morgan fingerprint density at radius 2 is 1.95 bits per heavy atom. The summed E-state index contributed by atoms with van der Waals surface area (Å²) in [6, 6.07) is 7.43. The summed E-state index contributed by atoms with van der Waals surface area (Å²) in [6.07, 6.45) is 1.27. The van der Waals surface area contributed by atoms with Gasteiger partial charge in [0.1, 0.15) is 4.90 Å². The number of aromatic nitrogens is 1. The van der Waals surface area contributed by atoms with Crippen LogP contribution in [0.1, 0.15) is 10.5 Å². The first-order chi connectivity index (χ1) is 9.81. The van der Waals surface area contributed by atoms with Crippen LogP contribution in [0.5, 0.6) is 0 Å². The number of carboxylic acid groups (broad SMARTS) is 1. The van der Waals surface area contributed by atoms with Gasteiger partial charge in [0.05, 0.1) is 5.69 Å². The highest BCUT2D eigenvalue weighted by molar-refractivity contribution is 9.11. The quantitative estimate of drug-likeness (QED) is 0.768. The van der Waals surface area contributed by atoms with Gasteiger partial charge in [0.2, 0.25) is 0 Å². The molecule has 2 N–H and O–H groups in total. The second-order valence-electron chi connectivity index (χ2n) is 3.88. The zero-order valence-electron chi connectivity index (χ0n) is 10.2. The van der Waals surface area contributed by atoms with E-state index in [0.29, 0.717) is 8.95 Å².